The largest absolute Gasteiger partial charge is 0.480 e. The maximum Gasteiger partial charge on any atom is 0.320 e. The van der Waals surface area contributed by atoms with Crippen molar-refractivity contribution >= 4 is 5.97 Å². The van der Waals surface area contributed by atoms with Gasteiger partial charge in [0.2, 0.25) is 0 Å². The van der Waals surface area contributed by atoms with E-state index in [0.29, 0.717) is 19.5 Å². The van der Waals surface area contributed by atoms with Crippen LogP contribution in [0.4, 0.5) is 0 Å². The minimum Gasteiger partial charge on any atom is -0.480 e. The number of benzene rings is 1. The summed E-state index contributed by atoms with van der Waals surface area (Å²) in [7, 11) is 0. The maximum atomic E-state index is 11.1. The molecular formula is C13H14N2O2. The minimum absolute atomic E-state index is 0.167. The molecule has 88 valence electrons. The topological polar surface area (TPSA) is 64.3 Å². The highest BCUT2D eigenvalue weighted by Crippen LogP contribution is 2.24. The molecule has 0 bridgehead atoms. The Bertz CT molecular complexity index is 438. The van der Waals surface area contributed by atoms with Crippen molar-refractivity contribution in [1.29, 1.82) is 5.26 Å². The van der Waals surface area contributed by atoms with Crippen LogP contribution in [0, 0.1) is 17.2 Å². The zero-order valence-corrected chi connectivity index (χ0v) is 9.41. The van der Waals surface area contributed by atoms with Crippen LogP contribution in [0.25, 0.3) is 0 Å². The average Bonchev–Trinajstić information content (AvgIpc) is 2.74. The molecule has 4 nitrogen and oxygen atoms in total. The van der Waals surface area contributed by atoms with E-state index in [0.717, 1.165) is 5.56 Å². The summed E-state index contributed by atoms with van der Waals surface area (Å²) in [6.07, 6.45) is 0.429. The summed E-state index contributed by atoms with van der Waals surface area (Å²) >= 11 is 0. The molecule has 1 aliphatic rings. The van der Waals surface area contributed by atoms with Gasteiger partial charge >= 0.3 is 5.97 Å². The number of nitriles is 1. The molecule has 2 unspecified atom stereocenters. The highest BCUT2D eigenvalue weighted by Gasteiger charge is 2.36. The third-order valence-corrected chi connectivity index (χ3v) is 3.10. The molecule has 1 aliphatic heterocycles. The number of hydrogen-bond acceptors (Lipinski definition) is 3. The molecule has 0 saturated carbocycles. The molecule has 0 spiro atoms. The Morgan fingerprint density at radius 2 is 2.18 bits per heavy atom. The van der Waals surface area contributed by atoms with E-state index in [2.05, 4.69) is 6.07 Å². The maximum absolute atomic E-state index is 11.1. The summed E-state index contributed by atoms with van der Waals surface area (Å²) in [6, 6.07) is 11.4. The predicted molar refractivity (Wildman–Crippen MR) is 62.0 cm³/mol. The number of carboxylic acid groups (broad SMARTS) is 1. The minimum atomic E-state index is -0.835. The third kappa shape index (κ3) is 2.63. The second kappa shape index (κ2) is 4.98. The molecule has 0 aliphatic carbocycles. The Kier molecular flexibility index (Phi) is 3.40. The lowest BCUT2D eigenvalue weighted by atomic mass is 10.1. The van der Waals surface area contributed by atoms with E-state index in [9.17, 15) is 4.79 Å². The van der Waals surface area contributed by atoms with Crippen molar-refractivity contribution in [2.24, 2.45) is 5.92 Å². The van der Waals surface area contributed by atoms with Gasteiger partial charge in [-0.25, -0.2) is 0 Å². The van der Waals surface area contributed by atoms with E-state index in [4.69, 9.17) is 10.4 Å². The summed E-state index contributed by atoms with van der Waals surface area (Å²) < 4.78 is 0. The number of hydrogen-bond donors (Lipinski definition) is 1. The monoisotopic (exact) mass is 230 g/mol. The van der Waals surface area contributed by atoms with Gasteiger partial charge in [0.15, 0.2) is 0 Å². The molecule has 1 fully saturated rings. The molecule has 1 aromatic carbocycles. The van der Waals surface area contributed by atoms with Crippen LogP contribution >= 0.6 is 0 Å². The smallest absolute Gasteiger partial charge is 0.320 e. The normalized spacial score (nSPS) is 24.4. The molecule has 0 radical (unpaired) electrons. The number of rotatable bonds is 3. The molecular weight excluding hydrogens is 216 g/mol. The third-order valence-electron chi connectivity index (χ3n) is 3.10. The number of likely N-dealkylation sites (tertiary alicyclic amines) is 1. The molecule has 1 N–H and O–H groups in total. The van der Waals surface area contributed by atoms with Crippen LogP contribution in [0.1, 0.15) is 12.0 Å². The van der Waals surface area contributed by atoms with Crippen LogP contribution in [0.5, 0.6) is 0 Å². The lowest BCUT2D eigenvalue weighted by Gasteiger charge is -2.20. The highest BCUT2D eigenvalue weighted by molar-refractivity contribution is 5.74. The van der Waals surface area contributed by atoms with E-state index >= 15 is 0 Å². The van der Waals surface area contributed by atoms with Crippen LogP contribution in [-0.4, -0.2) is 28.6 Å². The van der Waals surface area contributed by atoms with Gasteiger partial charge in [-0.05, 0) is 12.0 Å². The van der Waals surface area contributed by atoms with Crippen molar-refractivity contribution in [2.75, 3.05) is 6.54 Å². The Morgan fingerprint density at radius 1 is 1.47 bits per heavy atom. The van der Waals surface area contributed by atoms with Gasteiger partial charge in [-0.1, -0.05) is 30.3 Å². The van der Waals surface area contributed by atoms with Gasteiger partial charge < -0.3 is 5.11 Å². The second-order valence-corrected chi connectivity index (χ2v) is 4.33. The van der Waals surface area contributed by atoms with Crippen LogP contribution < -0.4 is 0 Å². The summed E-state index contributed by atoms with van der Waals surface area (Å²) in [5.74, 6) is -1.00. The summed E-state index contributed by atoms with van der Waals surface area (Å²) in [4.78, 5) is 13.0. The molecule has 2 atom stereocenters. The lowest BCUT2D eigenvalue weighted by molar-refractivity contribution is -0.142. The fourth-order valence-electron chi connectivity index (χ4n) is 2.25. The molecule has 17 heavy (non-hydrogen) atoms. The average molecular weight is 230 g/mol. The van der Waals surface area contributed by atoms with E-state index < -0.39 is 12.0 Å². The Labute approximate surface area is 100 Å². The van der Waals surface area contributed by atoms with E-state index in [1.807, 2.05) is 35.2 Å². The first-order valence-electron chi connectivity index (χ1n) is 5.61. The molecule has 0 amide bonds. The zero-order chi connectivity index (χ0) is 12.3. The van der Waals surface area contributed by atoms with Gasteiger partial charge in [0.25, 0.3) is 0 Å². The van der Waals surface area contributed by atoms with Crippen molar-refractivity contribution in [3.8, 4) is 6.07 Å². The van der Waals surface area contributed by atoms with Crippen LogP contribution in [0.3, 0.4) is 0 Å². The first kappa shape index (κ1) is 11.6. The zero-order valence-electron chi connectivity index (χ0n) is 9.41. The van der Waals surface area contributed by atoms with Gasteiger partial charge in [-0.3, -0.25) is 9.69 Å². The summed E-state index contributed by atoms with van der Waals surface area (Å²) in [5.41, 5.74) is 1.08. The Morgan fingerprint density at radius 3 is 2.76 bits per heavy atom. The molecule has 0 aromatic heterocycles. The Hall–Kier alpha value is -1.86. The van der Waals surface area contributed by atoms with Crippen LogP contribution in [0.2, 0.25) is 0 Å². The predicted octanol–water partition coefficient (Wildman–Crippen LogP) is 1.49. The summed E-state index contributed by atoms with van der Waals surface area (Å²) in [6.45, 7) is 1.14. The number of aliphatic carboxylic acids is 1. The van der Waals surface area contributed by atoms with E-state index in [-0.39, 0.29) is 5.92 Å². The fraction of sp³-hybridized carbons (Fsp3) is 0.385. The van der Waals surface area contributed by atoms with Crippen LogP contribution in [0.15, 0.2) is 30.3 Å². The van der Waals surface area contributed by atoms with Crippen molar-refractivity contribution in [3.63, 3.8) is 0 Å². The van der Waals surface area contributed by atoms with Gasteiger partial charge in [-0.2, -0.15) is 5.26 Å². The molecule has 1 aromatic rings. The first-order chi connectivity index (χ1) is 8.20. The van der Waals surface area contributed by atoms with Gasteiger partial charge in [0, 0.05) is 13.1 Å². The molecule has 1 saturated heterocycles. The SMILES string of the molecule is N#CC1CC(C(=O)O)N(Cc2ccccc2)C1. The number of carboxylic acids is 1. The van der Waals surface area contributed by atoms with Crippen LogP contribution in [-0.2, 0) is 11.3 Å². The molecule has 1 heterocycles. The quantitative estimate of drug-likeness (QED) is 0.854. The number of carbonyl (C=O) groups is 1. The van der Waals surface area contributed by atoms with Crippen molar-refractivity contribution in [3.05, 3.63) is 35.9 Å². The molecule has 2 rings (SSSR count). The van der Waals surface area contributed by atoms with E-state index in [1.165, 1.54) is 0 Å². The van der Waals surface area contributed by atoms with Crippen molar-refractivity contribution < 1.29 is 9.90 Å². The summed E-state index contributed by atoms with van der Waals surface area (Å²) in [5, 5.41) is 18.0. The van der Waals surface area contributed by atoms with Gasteiger partial charge in [-0.15, -0.1) is 0 Å². The van der Waals surface area contributed by atoms with Crippen molar-refractivity contribution in [1.82, 2.24) is 4.90 Å². The number of nitrogens with zero attached hydrogens (tertiary/aromatic N) is 2. The van der Waals surface area contributed by atoms with Gasteiger partial charge in [0.1, 0.15) is 6.04 Å². The van der Waals surface area contributed by atoms with Crippen molar-refractivity contribution in [2.45, 2.75) is 19.0 Å². The first-order valence-corrected chi connectivity index (χ1v) is 5.61. The van der Waals surface area contributed by atoms with E-state index in [1.54, 1.807) is 0 Å². The lowest BCUT2D eigenvalue weighted by Crippen LogP contribution is -2.35. The van der Waals surface area contributed by atoms with Gasteiger partial charge in [0.05, 0.1) is 12.0 Å². The Balaban J connectivity index is 2.09. The standard InChI is InChI=1S/C13H14N2O2/c14-7-11-6-12(13(16)17)15(9-11)8-10-4-2-1-3-5-10/h1-5,11-12H,6,8-9H2,(H,16,17). The second-order valence-electron chi connectivity index (χ2n) is 4.33. The molecule has 4 heteroatoms. The fourth-order valence-corrected chi connectivity index (χ4v) is 2.25. The highest BCUT2D eigenvalue weighted by atomic mass is 16.4.